The highest BCUT2D eigenvalue weighted by atomic mass is 32.1. The molecule has 2 aromatic carbocycles. The van der Waals surface area contributed by atoms with Crippen molar-refractivity contribution in [2.75, 3.05) is 46.6 Å². The minimum atomic E-state index is -0.195. The van der Waals surface area contributed by atoms with Gasteiger partial charge in [-0.3, -0.25) is 9.69 Å². The maximum absolute atomic E-state index is 12.6. The predicted octanol–water partition coefficient (Wildman–Crippen LogP) is 3.46. The fourth-order valence-electron chi connectivity index (χ4n) is 3.38. The molecule has 1 amide bonds. The fourth-order valence-corrected chi connectivity index (χ4v) is 4.19. The number of aromatic nitrogens is 1. The summed E-state index contributed by atoms with van der Waals surface area (Å²) in [6.45, 7) is 5.40. The number of ether oxygens (including phenoxy) is 3. The van der Waals surface area contributed by atoms with Crippen molar-refractivity contribution in [3.8, 4) is 22.1 Å². The highest BCUT2D eigenvalue weighted by Gasteiger charge is 2.13. The summed E-state index contributed by atoms with van der Waals surface area (Å²) in [6, 6.07) is 15.4. The van der Waals surface area contributed by atoms with E-state index in [1.165, 1.54) is 11.3 Å². The van der Waals surface area contributed by atoms with Crippen molar-refractivity contribution in [2.24, 2.45) is 0 Å². The van der Waals surface area contributed by atoms with E-state index in [9.17, 15) is 4.79 Å². The Labute approximate surface area is 191 Å². The van der Waals surface area contributed by atoms with Gasteiger partial charge in [0.05, 0.1) is 20.3 Å². The van der Waals surface area contributed by atoms with Gasteiger partial charge in [0.2, 0.25) is 0 Å². The zero-order valence-corrected chi connectivity index (χ0v) is 18.9. The van der Waals surface area contributed by atoms with Crippen molar-refractivity contribution in [1.82, 2.24) is 15.2 Å². The van der Waals surface area contributed by atoms with E-state index in [-0.39, 0.29) is 5.91 Å². The second-order valence-electron chi connectivity index (χ2n) is 7.40. The zero-order chi connectivity index (χ0) is 22.2. The van der Waals surface area contributed by atoms with Crippen LogP contribution >= 0.6 is 11.3 Å². The zero-order valence-electron chi connectivity index (χ0n) is 18.1. The van der Waals surface area contributed by atoms with Gasteiger partial charge >= 0.3 is 0 Å². The summed E-state index contributed by atoms with van der Waals surface area (Å²) in [7, 11) is 1.63. The van der Waals surface area contributed by atoms with Gasteiger partial charge in [-0.1, -0.05) is 12.1 Å². The Kier molecular flexibility index (Phi) is 7.71. The summed E-state index contributed by atoms with van der Waals surface area (Å²) < 4.78 is 16.4. The summed E-state index contributed by atoms with van der Waals surface area (Å²) in [4.78, 5) is 19.4. The summed E-state index contributed by atoms with van der Waals surface area (Å²) in [5.41, 5.74) is 2.35. The van der Waals surface area contributed by atoms with E-state index in [4.69, 9.17) is 14.2 Å². The number of carbonyl (C=O) groups is 1. The van der Waals surface area contributed by atoms with Gasteiger partial charge in [0.15, 0.2) is 0 Å². The highest BCUT2D eigenvalue weighted by molar-refractivity contribution is 7.13. The van der Waals surface area contributed by atoms with E-state index in [1.807, 2.05) is 48.5 Å². The number of nitrogens with one attached hydrogen (secondary N) is 1. The lowest BCUT2D eigenvalue weighted by Gasteiger charge is -2.26. The number of hydrogen-bond acceptors (Lipinski definition) is 7. The predicted molar refractivity (Wildman–Crippen MR) is 124 cm³/mol. The molecule has 0 spiro atoms. The van der Waals surface area contributed by atoms with Gasteiger partial charge in [-0.2, -0.15) is 0 Å². The summed E-state index contributed by atoms with van der Waals surface area (Å²) in [5, 5.41) is 5.52. The number of nitrogens with zero attached hydrogens (tertiary/aromatic N) is 2. The maximum atomic E-state index is 12.6. The lowest BCUT2D eigenvalue weighted by molar-refractivity contribution is 0.0322. The Balaban J connectivity index is 1.27. The van der Waals surface area contributed by atoms with Crippen LogP contribution in [0.5, 0.6) is 11.5 Å². The molecule has 1 fully saturated rings. The summed E-state index contributed by atoms with van der Waals surface area (Å²) >= 11 is 1.44. The largest absolute Gasteiger partial charge is 0.497 e. The van der Waals surface area contributed by atoms with Crippen LogP contribution in [-0.2, 0) is 11.3 Å². The van der Waals surface area contributed by atoms with Crippen LogP contribution in [0.4, 0.5) is 0 Å². The van der Waals surface area contributed by atoms with Crippen LogP contribution in [0, 0.1) is 0 Å². The van der Waals surface area contributed by atoms with Gasteiger partial charge in [0.1, 0.15) is 28.8 Å². The average Bonchev–Trinajstić information content (AvgIpc) is 3.34. The highest BCUT2D eigenvalue weighted by Crippen LogP contribution is 2.25. The third kappa shape index (κ3) is 6.06. The Bertz CT molecular complexity index is 1020. The number of benzene rings is 2. The number of morpholine rings is 1. The Hall–Kier alpha value is -2.94. The molecular formula is C24H27N3O4S. The van der Waals surface area contributed by atoms with Crippen LogP contribution in [0.3, 0.4) is 0 Å². The molecule has 1 aromatic heterocycles. The molecule has 0 bridgehead atoms. The quantitative estimate of drug-likeness (QED) is 0.535. The Morgan fingerprint density at radius 3 is 2.75 bits per heavy atom. The molecule has 1 aliphatic heterocycles. The molecule has 0 saturated carbocycles. The lowest BCUT2D eigenvalue weighted by Crippen LogP contribution is -2.38. The first-order valence-electron chi connectivity index (χ1n) is 10.6. The molecule has 0 aliphatic carbocycles. The monoisotopic (exact) mass is 453 g/mol. The second kappa shape index (κ2) is 11.1. The molecule has 168 valence electrons. The summed E-state index contributed by atoms with van der Waals surface area (Å²) in [5.74, 6) is 1.40. The van der Waals surface area contributed by atoms with Gasteiger partial charge < -0.3 is 19.5 Å². The van der Waals surface area contributed by atoms with Crippen molar-refractivity contribution in [2.45, 2.75) is 6.54 Å². The molecule has 1 aliphatic rings. The van der Waals surface area contributed by atoms with E-state index < -0.39 is 0 Å². The molecule has 0 atom stereocenters. The van der Waals surface area contributed by atoms with Gasteiger partial charge in [-0.15, -0.1) is 11.3 Å². The van der Waals surface area contributed by atoms with Gasteiger partial charge in [0, 0.05) is 37.1 Å². The fraction of sp³-hybridized carbons (Fsp3) is 0.333. The molecule has 4 rings (SSSR count). The van der Waals surface area contributed by atoms with Crippen LogP contribution in [0.25, 0.3) is 10.6 Å². The molecule has 1 saturated heterocycles. The summed E-state index contributed by atoms with van der Waals surface area (Å²) in [6.07, 6.45) is 0. The van der Waals surface area contributed by atoms with Gasteiger partial charge in [-0.25, -0.2) is 4.98 Å². The molecule has 2 heterocycles. The van der Waals surface area contributed by atoms with Crippen molar-refractivity contribution < 1.29 is 19.0 Å². The Morgan fingerprint density at radius 1 is 1.16 bits per heavy atom. The number of rotatable bonds is 9. The first kappa shape index (κ1) is 22.3. The van der Waals surface area contributed by atoms with E-state index in [1.54, 1.807) is 12.5 Å². The normalized spacial score (nSPS) is 14.2. The topological polar surface area (TPSA) is 72.9 Å². The standard InChI is InChI=1S/C24H27N3O4S/c1-29-20-7-5-19(6-8-20)24-26-22(17-32-24)23(28)25-16-18-3-2-4-21(15-18)31-14-11-27-9-12-30-13-10-27/h2-8,15,17H,9-14,16H2,1H3,(H,25,28). The van der Waals surface area contributed by atoms with Crippen molar-refractivity contribution in [1.29, 1.82) is 0 Å². The maximum Gasteiger partial charge on any atom is 0.271 e. The molecular weight excluding hydrogens is 426 g/mol. The number of carbonyl (C=O) groups excluding carboxylic acids is 1. The van der Waals surface area contributed by atoms with Crippen molar-refractivity contribution in [3.63, 3.8) is 0 Å². The molecule has 7 nitrogen and oxygen atoms in total. The molecule has 0 unspecified atom stereocenters. The Morgan fingerprint density at radius 2 is 1.97 bits per heavy atom. The van der Waals surface area contributed by atoms with Gasteiger partial charge in [0.25, 0.3) is 5.91 Å². The van der Waals surface area contributed by atoms with Crippen LogP contribution in [0.2, 0.25) is 0 Å². The molecule has 3 aromatic rings. The van der Waals surface area contributed by atoms with Crippen LogP contribution < -0.4 is 14.8 Å². The minimum absolute atomic E-state index is 0.195. The smallest absolute Gasteiger partial charge is 0.271 e. The van der Waals surface area contributed by atoms with E-state index >= 15 is 0 Å². The number of amides is 1. The number of methoxy groups -OCH3 is 1. The third-order valence-corrected chi connectivity index (χ3v) is 6.10. The minimum Gasteiger partial charge on any atom is -0.497 e. The van der Waals surface area contributed by atoms with E-state index in [0.717, 1.165) is 60.5 Å². The molecule has 8 heteroatoms. The number of thiazole rings is 1. The first-order chi connectivity index (χ1) is 15.7. The average molecular weight is 454 g/mol. The van der Waals surface area contributed by atoms with E-state index in [0.29, 0.717) is 18.8 Å². The SMILES string of the molecule is COc1ccc(-c2nc(C(=O)NCc3cccc(OCCN4CCOCC4)c3)cs2)cc1. The molecule has 32 heavy (non-hydrogen) atoms. The molecule has 0 radical (unpaired) electrons. The van der Waals surface area contributed by atoms with Crippen LogP contribution in [0.15, 0.2) is 53.9 Å². The van der Waals surface area contributed by atoms with Gasteiger partial charge in [-0.05, 0) is 42.0 Å². The molecule has 1 N–H and O–H groups in total. The first-order valence-corrected chi connectivity index (χ1v) is 11.5. The third-order valence-electron chi connectivity index (χ3n) is 5.21. The number of hydrogen-bond donors (Lipinski definition) is 1. The second-order valence-corrected chi connectivity index (χ2v) is 8.26. The van der Waals surface area contributed by atoms with Crippen LogP contribution in [0.1, 0.15) is 16.1 Å². The van der Waals surface area contributed by atoms with Crippen molar-refractivity contribution >= 4 is 17.2 Å². The van der Waals surface area contributed by atoms with Crippen molar-refractivity contribution in [3.05, 3.63) is 65.2 Å². The lowest BCUT2D eigenvalue weighted by atomic mass is 10.2. The van der Waals surface area contributed by atoms with E-state index in [2.05, 4.69) is 15.2 Å². The van der Waals surface area contributed by atoms with Crippen LogP contribution in [-0.4, -0.2) is 62.4 Å².